The fraction of sp³-hybridized carbons (Fsp3) is 0.0833. The van der Waals surface area contributed by atoms with Crippen molar-refractivity contribution in [2.75, 3.05) is 0 Å². The van der Waals surface area contributed by atoms with Gasteiger partial charge in [-0.3, -0.25) is 4.79 Å². The second kappa shape index (κ2) is 4.41. The van der Waals surface area contributed by atoms with Crippen LogP contribution in [-0.4, -0.2) is 0 Å². The first-order chi connectivity index (χ1) is 6.25. The maximum Gasteiger partial charge on any atom is 0.182 e. The van der Waals surface area contributed by atoms with E-state index in [4.69, 9.17) is 0 Å². The Kier molecular flexibility index (Phi) is 3.21. The first-order valence-electron chi connectivity index (χ1n) is 4.15. The van der Waals surface area contributed by atoms with Gasteiger partial charge in [-0.2, -0.15) is 0 Å². The standard InChI is InChI=1S/C12H12O/c1-3-4-7-11-8-5-6-9-12(13)10(11)2/h3-9H,1H2,2H3/b7-4+. The molecule has 0 heterocycles. The van der Waals surface area contributed by atoms with Crippen LogP contribution in [-0.2, 0) is 0 Å². The zero-order chi connectivity index (χ0) is 9.68. The Balaban J connectivity index is 3.31. The van der Waals surface area contributed by atoms with Gasteiger partial charge in [0.1, 0.15) is 0 Å². The third-order valence-corrected chi connectivity index (χ3v) is 1.85. The summed E-state index contributed by atoms with van der Waals surface area (Å²) in [6, 6.07) is 7.09. The van der Waals surface area contributed by atoms with Gasteiger partial charge in [-0.25, -0.2) is 0 Å². The maximum absolute atomic E-state index is 11.3. The minimum Gasteiger partial charge on any atom is -0.290 e. The van der Waals surface area contributed by atoms with E-state index < -0.39 is 0 Å². The Labute approximate surface area is 78.0 Å². The lowest BCUT2D eigenvalue weighted by atomic mass is 10.1. The van der Waals surface area contributed by atoms with Gasteiger partial charge in [0.2, 0.25) is 0 Å². The van der Waals surface area contributed by atoms with Gasteiger partial charge in [-0.05, 0) is 18.6 Å². The minimum absolute atomic E-state index is 0.0636. The Bertz CT molecular complexity index is 389. The molecule has 1 heteroatoms. The largest absolute Gasteiger partial charge is 0.290 e. The van der Waals surface area contributed by atoms with Crippen molar-refractivity contribution >= 4 is 6.08 Å². The molecule has 0 aromatic heterocycles. The molecule has 0 amide bonds. The van der Waals surface area contributed by atoms with Crippen LogP contribution in [0.25, 0.3) is 6.08 Å². The second-order valence-corrected chi connectivity index (χ2v) is 2.76. The van der Waals surface area contributed by atoms with Gasteiger partial charge in [0.15, 0.2) is 5.43 Å². The summed E-state index contributed by atoms with van der Waals surface area (Å²) >= 11 is 0. The predicted molar refractivity (Wildman–Crippen MR) is 56.7 cm³/mol. The molecule has 0 aliphatic rings. The third-order valence-electron chi connectivity index (χ3n) is 1.85. The Hall–Kier alpha value is -1.63. The highest BCUT2D eigenvalue weighted by Gasteiger charge is 1.93. The maximum atomic E-state index is 11.3. The van der Waals surface area contributed by atoms with Crippen LogP contribution in [0.2, 0.25) is 0 Å². The van der Waals surface area contributed by atoms with Crippen LogP contribution in [0, 0.1) is 6.92 Å². The van der Waals surface area contributed by atoms with Crippen molar-refractivity contribution in [3.63, 3.8) is 0 Å². The van der Waals surface area contributed by atoms with Gasteiger partial charge in [-0.1, -0.05) is 43.0 Å². The van der Waals surface area contributed by atoms with Crippen LogP contribution in [0.5, 0.6) is 0 Å². The molecular formula is C12H12O. The lowest BCUT2D eigenvalue weighted by molar-refractivity contribution is 1.41. The van der Waals surface area contributed by atoms with Crippen LogP contribution >= 0.6 is 0 Å². The molecular weight excluding hydrogens is 160 g/mol. The zero-order valence-electron chi connectivity index (χ0n) is 7.66. The van der Waals surface area contributed by atoms with E-state index in [9.17, 15) is 4.79 Å². The van der Waals surface area contributed by atoms with E-state index in [-0.39, 0.29) is 5.43 Å². The molecule has 0 unspecified atom stereocenters. The number of rotatable bonds is 2. The quantitative estimate of drug-likeness (QED) is 0.626. The molecule has 0 fully saturated rings. The molecule has 0 atom stereocenters. The van der Waals surface area contributed by atoms with E-state index in [2.05, 4.69) is 6.58 Å². The summed E-state index contributed by atoms with van der Waals surface area (Å²) in [6.45, 7) is 5.40. The number of allylic oxidation sites excluding steroid dienone is 2. The smallest absolute Gasteiger partial charge is 0.182 e. The molecule has 0 saturated heterocycles. The number of hydrogen-bond acceptors (Lipinski definition) is 1. The van der Waals surface area contributed by atoms with Gasteiger partial charge in [0.25, 0.3) is 0 Å². The van der Waals surface area contributed by atoms with Gasteiger partial charge < -0.3 is 0 Å². The molecule has 0 radical (unpaired) electrons. The summed E-state index contributed by atoms with van der Waals surface area (Å²) in [5.41, 5.74) is 1.77. The molecule has 13 heavy (non-hydrogen) atoms. The molecule has 0 aliphatic heterocycles. The molecule has 0 saturated carbocycles. The second-order valence-electron chi connectivity index (χ2n) is 2.76. The van der Waals surface area contributed by atoms with E-state index in [0.717, 1.165) is 11.1 Å². The van der Waals surface area contributed by atoms with E-state index in [1.165, 1.54) is 0 Å². The highest BCUT2D eigenvalue weighted by Crippen LogP contribution is 2.03. The van der Waals surface area contributed by atoms with Gasteiger partial charge in [0.05, 0.1) is 0 Å². The highest BCUT2D eigenvalue weighted by molar-refractivity contribution is 5.53. The van der Waals surface area contributed by atoms with Crippen molar-refractivity contribution in [3.05, 3.63) is 64.3 Å². The monoisotopic (exact) mass is 172 g/mol. The number of hydrogen-bond donors (Lipinski definition) is 0. The first-order valence-corrected chi connectivity index (χ1v) is 4.15. The van der Waals surface area contributed by atoms with Crippen LogP contribution in [0.3, 0.4) is 0 Å². The summed E-state index contributed by atoms with van der Waals surface area (Å²) in [4.78, 5) is 11.3. The highest BCUT2D eigenvalue weighted by atomic mass is 16.1. The molecule has 0 N–H and O–H groups in total. The molecule has 0 bridgehead atoms. The van der Waals surface area contributed by atoms with E-state index in [0.29, 0.717) is 0 Å². The molecule has 1 nitrogen and oxygen atoms in total. The SMILES string of the molecule is C=C/C=C/c1ccccc(=O)c1C. The molecule has 66 valence electrons. The van der Waals surface area contributed by atoms with Crippen LogP contribution in [0.1, 0.15) is 11.1 Å². The van der Waals surface area contributed by atoms with Gasteiger partial charge in [0, 0.05) is 5.56 Å². The summed E-state index contributed by atoms with van der Waals surface area (Å²) < 4.78 is 0. The fourth-order valence-electron chi connectivity index (χ4n) is 1.05. The topological polar surface area (TPSA) is 17.1 Å². The van der Waals surface area contributed by atoms with Crippen LogP contribution in [0.15, 0.2) is 47.8 Å². The van der Waals surface area contributed by atoms with Crippen molar-refractivity contribution in [2.24, 2.45) is 0 Å². The Morgan fingerprint density at radius 3 is 2.69 bits per heavy atom. The fourth-order valence-corrected chi connectivity index (χ4v) is 1.05. The van der Waals surface area contributed by atoms with Crippen molar-refractivity contribution in [1.82, 2.24) is 0 Å². The van der Waals surface area contributed by atoms with Gasteiger partial charge >= 0.3 is 0 Å². The average Bonchev–Trinajstić information content (AvgIpc) is 2.28. The lowest BCUT2D eigenvalue weighted by Crippen LogP contribution is -1.99. The Morgan fingerprint density at radius 1 is 1.31 bits per heavy atom. The first kappa shape index (κ1) is 9.46. The third kappa shape index (κ3) is 2.41. The normalized spacial score (nSPS) is 10.2. The van der Waals surface area contributed by atoms with Crippen molar-refractivity contribution in [3.8, 4) is 0 Å². The van der Waals surface area contributed by atoms with Crippen LogP contribution < -0.4 is 5.43 Å². The van der Waals surface area contributed by atoms with E-state index >= 15 is 0 Å². The molecule has 0 aliphatic carbocycles. The average molecular weight is 172 g/mol. The molecule has 1 rings (SSSR count). The van der Waals surface area contributed by atoms with Gasteiger partial charge in [-0.15, -0.1) is 0 Å². The zero-order valence-corrected chi connectivity index (χ0v) is 7.66. The summed E-state index contributed by atoms with van der Waals surface area (Å²) in [7, 11) is 0. The predicted octanol–water partition coefficient (Wildman–Crippen LogP) is 2.55. The Morgan fingerprint density at radius 2 is 2.00 bits per heavy atom. The van der Waals surface area contributed by atoms with E-state index in [1.54, 1.807) is 18.2 Å². The van der Waals surface area contributed by atoms with Crippen molar-refractivity contribution in [1.29, 1.82) is 0 Å². The molecule has 1 aromatic carbocycles. The minimum atomic E-state index is 0.0636. The summed E-state index contributed by atoms with van der Waals surface area (Å²) in [5, 5.41) is 0. The molecule has 1 aromatic rings. The molecule has 0 spiro atoms. The van der Waals surface area contributed by atoms with Crippen molar-refractivity contribution < 1.29 is 0 Å². The summed E-state index contributed by atoms with van der Waals surface area (Å²) in [5.74, 6) is 0. The summed E-state index contributed by atoms with van der Waals surface area (Å²) in [6.07, 6.45) is 5.39. The lowest BCUT2D eigenvalue weighted by Gasteiger charge is -1.90. The van der Waals surface area contributed by atoms with Crippen molar-refractivity contribution in [2.45, 2.75) is 6.92 Å². The van der Waals surface area contributed by atoms with E-state index in [1.807, 2.05) is 31.2 Å². The van der Waals surface area contributed by atoms with Crippen LogP contribution in [0.4, 0.5) is 0 Å².